The van der Waals surface area contributed by atoms with Crippen LogP contribution in [-0.2, 0) is 11.3 Å². The summed E-state index contributed by atoms with van der Waals surface area (Å²) in [6, 6.07) is 9.81. The van der Waals surface area contributed by atoms with Gasteiger partial charge in [-0.05, 0) is 50.3 Å². The zero-order chi connectivity index (χ0) is 18.4. The lowest BCUT2D eigenvalue weighted by atomic mass is 9.91. The third-order valence-electron chi connectivity index (χ3n) is 4.49. The van der Waals surface area contributed by atoms with Crippen molar-refractivity contribution in [3.8, 4) is 11.8 Å². The Morgan fingerprint density at radius 3 is 2.65 bits per heavy atom. The van der Waals surface area contributed by atoms with Crippen LogP contribution in [0.4, 0.5) is 0 Å². The smallest absolute Gasteiger partial charge is 0.244 e. The molecule has 26 heavy (non-hydrogen) atoms. The molecular weight excluding hydrogens is 332 g/mol. The standard InChI is InChI=1S/C19H24N4O3/c1-13(11-20)25-17-5-3-15(4-6-17)12-21-18(16-7-9-24-10-8-16)19-22-14(2)23-26-19/h3-6,13,16,18,21H,7-10,12H2,1-2H3/t13-,18-/m0/s1. The van der Waals surface area contributed by atoms with Crippen molar-refractivity contribution in [2.24, 2.45) is 5.92 Å². The van der Waals surface area contributed by atoms with Gasteiger partial charge in [-0.15, -0.1) is 0 Å². The molecule has 0 aliphatic carbocycles. The number of aryl methyl sites for hydroxylation is 1. The van der Waals surface area contributed by atoms with Crippen LogP contribution in [0.2, 0.25) is 0 Å². The van der Waals surface area contributed by atoms with E-state index in [4.69, 9.17) is 19.3 Å². The Balaban J connectivity index is 1.64. The van der Waals surface area contributed by atoms with E-state index in [2.05, 4.69) is 21.5 Å². The van der Waals surface area contributed by atoms with Crippen molar-refractivity contribution in [2.45, 2.75) is 45.4 Å². The minimum Gasteiger partial charge on any atom is -0.476 e. The Labute approximate surface area is 153 Å². The maximum atomic E-state index is 8.82. The van der Waals surface area contributed by atoms with E-state index in [1.807, 2.05) is 31.2 Å². The van der Waals surface area contributed by atoms with E-state index in [-0.39, 0.29) is 6.04 Å². The number of nitriles is 1. The van der Waals surface area contributed by atoms with Gasteiger partial charge in [0.1, 0.15) is 11.8 Å². The summed E-state index contributed by atoms with van der Waals surface area (Å²) >= 11 is 0. The van der Waals surface area contributed by atoms with Crippen LogP contribution in [-0.4, -0.2) is 29.5 Å². The summed E-state index contributed by atoms with van der Waals surface area (Å²) in [7, 11) is 0. The minimum absolute atomic E-state index is 0.00892. The Hall–Kier alpha value is -2.43. The number of nitrogens with zero attached hydrogens (tertiary/aromatic N) is 3. The number of rotatable bonds is 7. The minimum atomic E-state index is -0.461. The molecule has 2 heterocycles. The summed E-state index contributed by atoms with van der Waals surface area (Å²) in [5, 5.41) is 16.3. The number of aromatic nitrogens is 2. The molecule has 1 saturated heterocycles. The summed E-state index contributed by atoms with van der Waals surface area (Å²) in [6.07, 6.45) is 1.48. The van der Waals surface area contributed by atoms with E-state index in [1.54, 1.807) is 6.92 Å². The van der Waals surface area contributed by atoms with Crippen molar-refractivity contribution in [1.29, 1.82) is 5.26 Å². The Morgan fingerprint density at radius 2 is 2.04 bits per heavy atom. The molecule has 7 heteroatoms. The molecule has 138 valence electrons. The van der Waals surface area contributed by atoms with Crippen molar-refractivity contribution >= 4 is 0 Å². The van der Waals surface area contributed by atoms with Crippen molar-refractivity contribution in [3.05, 3.63) is 41.5 Å². The Bertz CT molecular complexity index is 732. The highest BCUT2D eigenvalue weighted by molar-refractivity contribution is 5.27. The van der Waals surface area contributed by atoms with Crippen LogP contribution in [0.1, 0.15) is 43.1 Å². The summed E-state index contributed by atoms with van der Waals surface area (Å²) in [5.41, 5.74) is 1.12. The molecule has 0 radical (unpaired) electrons. The molecule has 0 amide bonds. The molecule has 0 bridgehead atoms. The predicted molar refractivity (Wildman–Crippen MR) is 94.3 cm³/mol. The molecule has 3 rings (SSSR count). The maximum absolute atomic E-state index is 8.82. The van der Waals surface area contributed by atoms with Crippen LogP contribution in [0.25, 0.3) is 0 Å². The van der Waals surface area contributed by atoms with E-state index in [9.17, 15) is 0 Å². The molecular formula is C19H24N4O3. The van der Waals surface area contributed by atoms with Gasteiger partial charge >= 0.3 is 0 Å². The highest BCUT2D eigenvalue weighted by Gasteiger charge is 2.29. The zero-order valence-electron chi connectivity index (χ0n) is 15.1. The van der Waals surface area contributed by atoms with Gasteiger partial charge in [-0.25, -0.2) is 0 Å². The average Bonchev–Trinajstić information content (AvgIpc) is 3.10. The number of benzene rings is 1. The van der Waals surface area contributed by atoms with E-state index in [1.165, 1.54) is 0 Å². The molecule has 1 aliphatic rings. The quantitative estimate of drug-likeness (QED) is 0.815. The third kappa shape index (κ3) is 4.81. The number of hydrogen-bond acceptors (Lipinski definition) is 7. The molecule has 2 atom stereocenters. The first kappa shape index (κ1) is 18.4. The zero-order valence-corrected chi connectivity index (χ0v) is 15.1. The summed E-state index contributed by atoms with van der Waals surface area (Å²) in [6.45, 7) is 5.75. The molecule has 7 nitrogen and oxygen atoms in total. The summed E-state index contributed by atoms with van der Waals surface area (Å²) in [4.78, 5) is 4.42. The maximum Gasteiger partial charge on any atom is 0.244 e. The monoisotopic (exact) mass is 356 g/mol. The Kier molecular flexibility index (Phi) is 6.21. The number of hydrogen-bond donors (Lipinski definition) is 1. The third-order valence-corrected chi connectivity index (χ3v) is 4.49. The SMILES string of the molecule is Cc1noc([C@@H](NCc2ccc(O[C@@H](C)C#N)cc2)C2CCOCC2)n1. The largest absolute Gasteiger partial charge is 0.476 e. The van der Waals surface area contributed by atoms with Gasteiger partial charge in [0.2, 0.25) is 5.89 Å². The van der Waals surface area contributed by atoms with Crippen molar-refractivity contribution in [2.75, 3.05) is 13.2 Å². The lowest BCUT2D eigenvalue weighted by molar-refractivity contribution is 0.0485. The van der Waals surface area contributed by atoms with Crippen LogP contribution in [0.5, 0.6) is 5.75 Å². The highest BCUT2D eigenvalue weighted by atomic mass is 16.5. The fourth-order valence-electron chi connectivity index (χ4n) is 3.09. The fourth-order valence-corrected chi connectivity index (χ4v) is 3.09. The Morgan fingerprint density at radius 1 is 1.31 bits per heavy atom. The van der Waals surface area contributed by atoms with E-state index < -0.39 is 6.10 Å². The molecule has 1 aromatic heterocycles. The lowest BCUT2D eigenvalue weighted by Crippen LogP contribution is -2.32. The number of ether oxygens (including phenoxy) is 2. The first-order valence-corrected chi connectivity index (χ1v) is 8.92. The molecule has 0 saturated carbocycles. The van der Waals surface area contributed by atoms with Gasteiger partial charge in [0.25, 0.3) is 0 Å². The van der Waals surface area contributed by atoms with E-state index in [0.717, 1.165) is 31.6 Å². The van der Waals surface area contributed by atoms with Crippen molar-refractivity contribution < 1.29 is 14.0 Å². The topological polar surface area (TPSA) is 93.2 Å². The van der Waals surface area contributed by atoms with Gasteiger partial charge in [0, 0.05) is 19.8 Å². The first-order chi connectivity index (χ1) is 12.7. The summed E-state index contributed by atoms with van der Waals surface area (Å²) in [5.74, 6) is 2.38. The van der Waals surface area contributed by atoms with Crippen LogP contribution in [0, 0.1) is 24.2 Å². The van der Waals surface area contributed by atoms with Gasteiger partial charge in [0.15, 0.2) is 11.9 Å². The molecule has 0 unspecified atom stereocenters. The number of nitrogens with one attached hydrogen (secondary N) is 1. The van der Waals surface area contributed by atoms with E-state index >= 15 is 0 Å². The molecule has 2 aromatic rings. The molecule has 0 spiro atoms. The molecule has 1 fully saturated rings. The molecule has 1 aliphatic heterocycles. The van der Waals surface area contributed by atoms with Gasteiger partial charge in [-0.3, -0.25) is 0 Å². The predicted octanol–water partition coefficient (Wildman–Crippen LogP) is 2.93. The van der Waals surface area contributed by atoms with Crippen LogP contribution in [0.3, 0.4) is 0 Å². The van der Waals surface area contributed by atoms with Gasteiger partial charge in [0.05, 0.1) is 6.04 Å². The average molecular weight is 356 g/mol. The van der Waals surface area contributed by atoms with Gasteiger partial charge in [-0.2, -0.15) is 10.2 Å². The fraction of sp³-hybridized carbons (Fsp3) is 0.526. The van der Waals surface area contributed by atoms with Crippen LogP contribution in [0.15, 0.2) is 28.8 Å². The van der Waals surface area contributed by atoms with Crippen LogP contribution >= 0.6 is 0 Å². The van der Waals surface area contributed by atoms with Crippen molar-refractivity contribution in [3.63, 3.8) is 0 Å². The van der Waals surface area contributed by atoms with Gasteiger partial charge in [-0.1, -0.05) is 17.3 Å². The highest BCUT2D eigenvalue weighted by Crippen LogP contribution is 2.29. The normalized spacial score (nSPS) is 17.4. The summed E-state index contributed by atoms with van der Waals surface area (Å²) < 4.78 is 16.4. The first-order valence-electron chi connectivity index (χ1n) is 8.92. The lowest BCUT2D eigenvalue weighted by Gasteiger charge is -2.28. The molecule has 1 N–H and O–H groups in total. The van der Waals surface area contributed by atoms with E-state index in [0.29, 0.717) is 29.9 Å². The molecule has 1 aromatic carbocycles. The second-order valence-electron chi connectivity index (χ2n) is 6.52. The second-order valence-corrected chi connectivity index (χ2v) is 6.52. The van der Waals surface area contributed by atoms with Gasteiger partial charge < -0.3 is 19.3 Å². The second kappa shape index (κ2) is 8.79. The van der Waals surface area contributed by atoms with Crippen molar-refractivity contribution in [1.82, 2.24) is 15.5 Å². The van der Waals surface area contributed by atoms with Crippen LogP contribution < -0.4 is 10.1 Å².